The Balaban J connectivity index is 1.80. The van der Waals surface area contributed by atoms with Crippen LogP contribution in [0.15, 0.2) is 22.3 Å². The summed E-state index contributed by atoms with van der Waals surface area (Å²) in [7, 11) is 2.77. The number of esters is 2. The third-order valence-electron chi connectivity index (χ3n) is 6.75. The molecule has 0 saturated heterocycles. The summed E-state index contributed by atoms with van der Waals surface area (Å²) in [6.07, 6.45) is 3.17. The molecule has 0 aliphatic heterocycles. The second kappa shape index (κ2) is 4.24. The number of carbonyl (C=O) groups is 2. The summed E-state index contributed by atoms with van der Waals surface area (Å²) < 4.78 is 9.91. The van der Waals surface area contributed by atoms with Crippen LogP contribution in [-0.2, 0) is 19.1 Å². The Bertz CT molecular complexity index is 652. The number of methoxy groups -OCH3 is 2. The lowest BCUT2D eigenvalue weighted by Crippen LogP contribution is -2.50. The van der Waals surface area contributed by atoms with Gasteiger partial charge in [-0.25, -0.2) is 9.59 Å². The highest BCUT2D eigenvalue weighted by Gasteiger charge is 2.61. The van der Waals surface area contributed by atoms with Gasteiger partial charge >= 0.3 is 11.9 Å². The van der Waals surface area contributed by atoms with Gasteiger partial charge in [0.25, 0.3) is 0 Å². The monoisotopic (exact) mass is 302 g/mol. The summed E-state index contributed by atoms with van der Waals surface area (Å²) in [5.74, 6) is 0.720. The molecule has 5 rings (SSSR count). The fraction of sp³-hybridized carbons (Fsp3) is 0.667. The topological polar surface area (TPSA) is 52.6 Å². The van der Waals surface area contributed by atoms with E-state index in [0.29, 0.717) is 22.5 Å². The van der Waals surface area contributed by atoms with Gasteiger partial charge in [0.15, 0.2) is 0 Å². The molecule has 0 aromatic rings. The van der Waals surface area contributed by atoms with Crippen LogP contribution in [0, 0.1) is 29.1 Å². The summed E-state index contributed by atoms with van der Waals surface area (Å²) in [4.78, 5) is 24.5. The van der Waals surface area contributed by atoms with Crippen molar-refractivity contribution >= 4 is 11.9 Å². The van der Waals surface area contributed by atoms with Gasteiger partial charge in [-0.15, -0.1) is 0 Å². The lowest BCUT2D eigenvalue weighted by Gasteiger charge is -2.59. The molecule has 1 saturated carbocycles. The van der Waals surface area contributed by atoms with Crippen LogP contribution in [-0.4, -0.2) is 26.2 Å². The van der Waals surface area contributed by atoms with Gasteiger partial charge in [0.05, 0.1) is 25.4 Å². The minimum absolute atomic E-state index is 0.0760. The molecule has 118 valence electrons. The fourth-order valence-electron chi connectivity index (χ4n) is 5.48. The highest BCUT2D eigenvalue weighted by molar-refractivity contribution is 6.04. The summed E-state index contributed by atoms with van der Waals surface area (Å²) in [6.45, 7) is 4.68. The van der Waals surface area contributed by atoms with E-state index in [4.69, 9.17) is 9.47 Å². The second-order valence-electron chi connectivity index (χ2n) is 7.64. The molecule has 0 spiro atoms. The van der Waals surface area contributed by atoms with Gasteiger partial charge in [-0.2, -0.15) is 0 Å². The van der Waals surface area contributed by atoms with Crippen LogP contribution in [0.5, 0.6) is 0 Å². The summed E-state index contributed by atoms with van der Waals surface area (Å²) in [6, 6.07) is 0. The van der Waals surface area contributed by atoms with Gasteiger partial charge in [-0.1, -0.05) is 25.0 Å². The number of rotatable bonds is 2. The molecule has 5 aliphatic rings. The van der Waals surface area contributed by atoms with Gasteiger partial charge in [0.1, 0.15) is 0 Å². The molecule has 1 fully saturated rings. The highest BCUT2D eigenvalue weighted by Crippen LogP contribution is 2.69. The molecule has 0 amide bonds. The van der Waals surface area contributed by atoms with Crippen LogP contribution in [0.2, 0.25) is 0 Å². The Kier molecular flexibility index (Phi) is 2.71. The summed E-state index contributed by atoms with van der Waals surface area (Å²) in [5, 5.41) is 0. The fourth-order valence-corrected chi connectivity index (χ4v) is 5.48. The van der Waals surface area contributed by atoms with Crippen LogP contribution in [0.3, 0.4) is 0 Å². The number of hydrogen-bond acceptors (Lipinski definition) is 4. The SMILES string of the molecule is COC(=O)C1=C(C(=O)OC)C2CC1C1=C2C2CC(C1)C2(C)C. The third-order valence-corrected chi connectivity index (χ3v) is 6.75. The van der Waals surface area contributed by atoms with Crippen LogP contribution >= 0.6 is 0 Å². The molecule has 4 heteroatoms. The second-order valence-corrected chi connectivity index (χ2v) is 7.64. The van der Waals surface area contributed by atoms with E-state index in [1.165, 1.54) is 31.8 Å². The molecule has 0 radical (unpaired) electrons. The number of hydrogen-bond donors (Lipinski definition) is 0. The maximum atomic E-state index is 12.3. The quantitative estimate of drug-likeness (QED) is 0.581. The van der Waals surface area contributed by atoms with Crippen molar-refractivity contribution in [2.24, 2.45) is 29.1 Å². The van der Waals surface area contributed by atoms with Crippen molar-refractivity contribution in [2.75, 3.05) is 14.2 Å². The first-order chi connectivity index (χ1) is 10.4. The molecule has 0 aromatic carbocycles. The first-order valence-electron chi connectivity index (χ1n) is 8.05. The van der Waals surface area contributed by atoms with E-state index in [0.717, 1.165) is 18.8 Å². The van der Waals surface area contributed by atoms with Gasteiger partial charge in [-0.3, -0.25) is 0 Å². The van der Waals surface area contributed by atoms with Gasteiger partial charge in [0.2, 0.25) is 0 Å². The smallest absolute Gasteiger partial charge is 0.334 e. The first kappa shape index (κ1) is 14.0. The average molecular weight is 302 g/mol. The lowest BCUT2D eigenvalue weighted by atomic mass is 9.46. The summed E-state index contributed by atoms with van der Waals surface area (Å²) in [5.41, 5.74) is 4.34. The van der Waals surface area contributed by atoms with Crippen molar-refractivity contribution in [1.82, 2.24) is 0 Å². The van der Waals surface area contributed by atoms with Crippen molar-refractivity contribution in [1.29, 1.82) is 0 Å². The molecule has 0 heterocycles. The van der Waals surface area contributed by atoms with Crippen LogP contribution in [0.4, 0.5) is 0 Å². The van der Waals surface area contributed by atoms with E-state index in [1.807, 2.05) is 0 Å². The van der Waals surface area contributed by atoms with Crippen molar-refractivity contribution in [3.8, 4) is 0 Å². The van der Waals surface area contributed by atoms with Gasteiger partial charge < -0.3 is 9.47 Å². The van der Waals surface area contributed by atoms with Crippen molar-refractivity contribution in [2.45, 2.75) is 33.1 Å². The van der Waals surface area contributed by atoms with Crippen LogP contribution < -0.4 is 0 Å². The Morgan fingerprint density at radius 3 is 2.14 bits per heavy atom. The molecular weight excluding hydrogens is 280 g/mol. The van der Waals surface area contributed by atoms with E-state index in [2.05, 4.69) is 13.8 Å². The van der Waals surface area contributed by atoms with Gasteiger partial charge in [0, 0.05) is 11.8 Å². The van der Waals surface area contributed by atoms with E-state index < -0.39 is 0 Å². The molecule has 4 atom stereocenters. The standard InChI is InChI=1S/C18H22O4/c1-18(2)8-5-9-10-7-11(13(9)12(18)6-8)15(17(20)22-4)14(10)16(19)21-3/h8,10-12H,5-7H2,1-4H3. The normalized spacial score (nSPS) is 36.9. The Morgan fingerprint density at radius 2 is 1.59 bits per heavy atom. The third kappa shape index (κ3) is 1.43. The van der Waals surface area contributed by atoms with E-state index in [9.17, 15) is 9.59 Å². The molecule has 0 aromatic heterocycles. The summed E-state index contributed by atoms with van der Waals surface area (Å²) >= 11 is 0. The zero-order chi connectivity index (χ0) is 15.8. The largest absolute Gasteiger partial charge is 0.466 e. The lowest BCUT2D eigenvalue weighted by molar-refractivity contribution is -0.139. The van der Waals surface area contributed by atoms with Crippen LogP contribution in [0.25, 0.3) is 0 Å². The van der Waals surface area contributed by atoms with Crippen molar-refractivity contribution in [3.05, 3.63) is 22.3 Å². The molecule has 0 N–H and O–H groups in total. The molecule has 4 unspecified atom stereocenters. The Morgan fingerprint density at radius 1 is 1.00 bits per heavy atom. The van der Waals surface area contributed by atoms with E-state index in [1.54, 1.807) is 0 Å². The molecule has 4 nitrogen and oxygen atoms in total. The minimum Gasteiger partial charge on any atom is -0.466 e. The predicted octanol–water partition coefficient (Wildman–Crippen LogP) is 2.64. The van der Waals surface area contributed by atoms with E-state index in [-0.39, 0.29) is 23.8 Å². The molecule has 4 bridgehead atoms. The first-order valence-corrected chi connectivity index (χ1v) is 8.05. The number of allylic oxidation sites excluding steroid dienone is 2. The highest BCUT2D eigenvalue weighted by atomic mass is 16.5. The minimum atomic E-state index is -0.363. The maximum Gasteiger partial charge on any atom is 0.334 e. The van der Waals surface area contributed by atoms with Crippen molar-refractivity contribution < 1.29 is 19.1 Å². The van der Waals surface area contributed by atoms with Gasteiger partial charge in [-0.05, 0) is 36.5 Å². The average Bonchev–Trinajstić information content (AvgIpc) is 3.09. The Labute approximate surface area is 130 Å². The van der Waals surface area contributed by atoms with Crippen molar-refractivity contribution in [3.63, 3.8) is 0 Å². The number of carbonyl (C=O) groups excluding carboxylic acids is 2. The zero-order valence-electron chi connectivity index (χ0n) is 13.6. The number of ether oxygens (including phenoxy) is 2. The molecule has 22 heavy (non-hydrogen) atoms. The van der Waals surface area contributed by atoms with E-state index >= 15 is 0 Å². The Hall–Kier alpha value is -1.58. The number of fused-ring (bicyclic) bond motifs is 2. The van der Waals surface area contributed by atoms with Crippen LogP contribution in [0.1, 0.15) is 33.1 Å². The molecular formula is C18H22O4. The molecule has 5 aliphatic carbocycles. The predicted molar refractivity (Wildman–Crippen MR) is 79.7 cm³/mol. The maximum absolute atomic E-state index is 12.3. The zero-order valence-corrected chi connectivity index (χ0v) is 13.6.